The summed E-state index contributed by atoms with van der Waals surface area (Å²) in [7, 11) is 1.56. The topological polar surface area (TPSA) is 49.4 Å². The van der Waals surface area contributed by atoms with E-state index in [1.54, 1.807) is 49.5 Å². The summed E-state index contributed by atoms with van der Waals surface area (Å²) in [5.74, 6) is -0.660. The molecule has 7 heteroatoms. The molecule has 4 nitrogen and oxygen atoms in total. The van der Waals surface area contributed by atoms with Gasteiger partial charge < -0.3 is 10.2 Å². The highest BCUT2D eigenvalue weighted by molar-refractivity contribution is 8.00. The summed E-state index contributed by atoms with van der Waals surface area (Å²) in [6, 6.07) is 13.4. The summed E-state index contributed by atoms with van der Waals surface area (Å²) >= 11 is 7.32. The van der Waals surface area contributed by atoms with Gasteiger partial charge in [-0.05, 0) is 25.1 Å². The lowest BCUT2D eigenvalue weighted by atomic mass is 10.1. The van der Waals surface area contributed by atoms with Crippen molar-refractivity contribution in [1.29, 1.82) is 0 Å². The Balaban J connectivity index is 1.83. The molecule has 0 aliphatic rings. The van der Waals surface area contributed by atoms with Crippen molar-refractivity contribution in [2.75, 3.05) is 24.7 Å². The number of thioether (sulfide) groups is 1. The first-order valence-corrected chi connectivity index (χ1v) is 9.45. The van der Waals surface area contributed by atoms with Gasteiger partial charge in [-0.2, -0.15) is 0 Å². The van der Waals surface area contributed by atoms with E-state index in [0.717, 1.165) is 0 Å². The normalized spacial score (nSPS) is 11.7. The van der Waals surface area contributed by atoms with Gasteiger partial charge in [0.25, 0.3) is 0 Å². The highest BCUT2D eigenvalue weighted by Crippen LogP contribution is 2.29. The number of rotatable bonds is 7. The fourth-order valence-electron chi connectivity index (χ4n) is 2.26. The second-order valence-electron chi connectivity index (χ2n) is 5.75. The van der Waals surface area contributed by atoms with Gasteiger partial charge in [-0.3, -0.25) is 9.59 Å². The molecular formula is C19H20ClFN2O2S. The van der Waals surface area contributed by atoms with Crippen LogP contribution in [0, 0.1) is 5.82 Å². The van der Waals surface area contributed by atoms with Gasteiger partial charge in [0.15, 0.2) is 0 Å². The van der Waals surface area contributed by atoms with Crippen LogP contribution in [0.5, 0.6) is 0 Å². The van der Waals surface area contributed by atoms with E-state index in [0.29, 0.717) is 16.3 Å². The third kappa shape index (κ3) is 5.75. The molecule has 1 N–H and O–H groups in total. The molecule has 0 bridgehead atoms. The van der Waals surface area contributed by atoms with Crippen LogP contribution in [0.25, 0.3) is 0 Å². The molecule has 2 rings (SSSR count). The van der Waals surface area contributed by atoms with Gasteiger partial charge in [0.1, 0.15) is 5.82 Å². The predicted molar refractivity (Wildman–Crippen MR) is 105 cm³/mol. The van der Waals surface area contributed by atoms with Crippen LogP contribution in [0.2, 0.25) is 5.02 Å². The summed E-state index contributed by atoms with van der Waals surface area (Å²) in [5.41, 5.74) is 1.06. The second-order valence-corrected chi connectivity index (χ2v) is 7.49. The van der Waals surface area contributed by atoms with Crippen LogP contribution < -0.4 is 5.32 Å². The first-order chi connectivity index (χ1) is 12.4. The van der Waals surface area contributed by atoms with Crippen LogP contribution >= 0.6 is 23.4 Å². The van der Waals surface area contributed by atoms with Gasteiger partial charge in [0.2, 0.25) is 11.8 Å². The Kier molecular flexibility index (Phi) is 7.48. The third-order valence-electron chi connectivity index (χ3n) is 3.75. The monoisotopic (exact) mass is 394 g/mol. The van der Waals surface area contributed by atoms with Crippen molar-refractivity contribution < 1.29 is 14.0 Å². The highest BCUT2D eigenvalue weighted by Gasteiger charge is 2.17. The van der Waals surface area contributed by atoms with Gasteiger partial charge in [-0.1, -0.05) is 41.9 Å². The number of likely N-dealkylation sites (N-methyl/N-ethyl adjacent to an activating group) is 1. The minimum absolute atomic E-state index is 0.0846. The van der Waals surface area contributed by atoms with Crippen LogP contribution in [-0.2, 0) is 9.59 Å². The maximum Gasteiger partial charge on any atom is 0.244 e. The standard InChI is InChI=1S/C19H20ClFN2O2S/c1-13(14-7-3-5-9-16(14)21)26-12-19(25)23(2)11-18(24)22-17-10-6-4-8-15(17)20/h3-10,13H,11-12H2,1-2H3,(H,22,24). The summed E-state index contributed by atoms with van der Waals surface area (Å²) in [6.45, 7) is 1.76. The number of amides is 2. The van der Waals surface area contributed by atoms with Crippen LogP contribution in [-0.4, -0.2) is 36.1 Å². The summed E-state index contributed by atoms with van der Waals surface area (Å²) in [4.78, 5) is 25.6. The second kappa shape index (κ2) is 9.59. The lowest BCUT2D eigenvalue weighted by Crippen LogP contribution is -2.36. The number of carbonyl (C=O) groups is 2. The SMILES string of the molecule is CC(SCC(=O)N(C)CC(=O)Nc1ccccc1Cl)c1ccccc1F. The largest absolute Gasteiger partial charge is 0.336 e. The number of hydrogen-bond acceptors (Lipinski definition) is 3. The lowest BCUT2D eigenvalue weighted by molar-refractivity contribution is -0.131. The summed E-state index contributed by atoms with van der Waals surface area (Å²) in [5, 5.41) is 2.95. The number of hydrogen-bond donors (Lipinski definition) is 1. The molecule has 2 amide bonds. The Labute approximate surface area is 161 Å². The van der Waals surface area contributed by atoms with E-state index >= 15 is 0 Å². The molecular weight excluding hydrogens is 375 g/mol. The summed E-state index contributed by atoms with van der Waals surface area (Å²) < 4.78 is 13.8. The maximum atomic E-state index is 13.8. The van der Waals surface area contributed by atoms with Crippen molar-refractivity contribution in [3.8, 4) is 0 Å². The molecule has 0 aliphatic carbocycles. The van der Waals surface area contributed by atoms with Crippen LogP contribution in [0.15, 0.2) is 48.5 Å². The quantitative estimate of drug-likeness (QED) is 0.758. The maximum absolute atomic E-state index is 13.8. The Morgan fingerprint density at radius 3 is 2.54 bits per heavy atom. The van der Waals surface area contributed by atoms with Crippen molar-refractivity contribution in [1.82, 2.24) is 4.90 Å². The van der Waals surface area contributed by atoms with Crippen LogP contribution in [0.3, 0.4) is 0 Å². The van der Waals surface area contributed by atoms with E-state index in [-0.39, 0.29) is 35.2 Å². The Morgan fingerprint density at radius 1 is 1.19 bits per heavy atom. The molecule has 2 aromatic rings. The smallest absolute Gasteiger partial charge is 0.244 e. The van der Waals surface area contributed by atoms with Gasteiger partial charge in [0, 0.05) is 17.9 Å². The number of carbonyl (C=O) groups excluding carboxylic acids is 2. The van der Waals surface area contributed by atoms with Crippen molar-refractivity contribution in [2.45, 2.75) is 12.2 Å². The average molecular weight is 395 g/mol. The molecule has 0 aliphatic heterocycles. The van der Waals surface area contributed by atoms with Crippen molar-refractivity contribution in [2.24, 2.45) is 0 Å². The fourth-order valence-corrected chi connectivity index (χ4v) is 3.42. The van der Waals surface area contributed by atoms with Gasteiger partial charge in [-0.25, -0.2) is 4.39 Å². The van der Waals surface area contributed by atoms with Gasteiger partial charge >= 0.3 is 0 Å². The first-order valence-electron chi connectivity index (χ1n) is 8.03. The highest BCUT2D eigenvalue weighted by atomic mass is 35.5. The number of nitrogens with zero attached hydrogens (tertiary/aromatic N) is 1. The number of anilines is 1. The molecule has 0 radical (unpaired) electrons. The van der Waals surface area contributed by atoms with E-state index in [1.807, 2.05) is 6.92 Å². The molecule has 0 heterocycles. The minimum Gasteiger partial charge on any atom is -0.336 e. The zero-order valence-corrected chi connectivity index (χ0v) is 16.1. The zero-order chi connectivity index (χ0) is 19.1. The van der Waals surface area contributed by atoms with Crippen molar-refractivity contribution >= 4 is 40.9 Å². The molecule has 0 aromatic heterocycles. The average Bonchev–Trinajstić information content (AvgIpc) is 2.61. The number of para-hydroxylation sites is 1. The molecule has 1 atom stereocenters. The van der Waals surface area contributed by atoms with Gasteiger partial charge in [0.05, 0.1) is 23.0 Å². The van der Waals surface area contributed by atoms with Crippen molar-refractivity contribution in [3.63, 3.8) is 0 Å². The van der Waals surface area contributed by atoms with E-state index in [9.17, 15) is 14.0 Å². The number of nitrogens with one attached hydrogen (secondary N) is 1. The minimum atomic E-state index is -0.332. The first kappa shape index (κ1) is 20.3. The molecule has 0 saturated heterocycles. The van der Waals surface area contributed by atoms with Crippen molar-refractivity contribution in [3.05, 3.63) is 64.9 Å². The number of halogens is 2. The van der Waals surface area contributed by atoms with Gasteiger partial charge in [-0.15, -0.1) is 11.8 Å². The molecule has 0 saturated carbocycles. The fraction of sp³-hybridized carbons (Fsp3) is 0.263. The molecule has 0 fully saturated rings. The van der Waals surface area contributed by atoms with E-state index in [4.69, 9.17) is 11.6 Å². The van der Waals surface area contributed by atoms with Crippen LogP contribution in [0.1, 0.15) is 17.7 Å². The van der Waals surface area contributed by atoms with Crippen LogP contribution in [0.4, 0.5) is 10.1 Å². The number of benzene rings is 2. The summed E-state index contributed by atoms with van der Waals surface area (Å²) in [6.07, 6.45) is 0. The Hall–Kier alpha value is -2.05. The molecule has 0 spiro atoms. The predicted octanol–water partition coefficient (Wildman–Crippen LogP) is 4.37. The third-order valence-corrected chi connectivity index (χ3v) is 5.25. The Morgan fingerprint density at radius 2 is 1.85 bits per heavy atom. The molecule has 1 unspecified atom stereocenters. The van der Waals surface area contributed by atoms with E-state index in [2.05, 4.69) is 5.32 Å². The van der Waals surface area contributed by atoms with E-state index < -0.39 is 0 Å². The van der Waals surface area contributed by atoms with E-state index in [1.165, 1.54) is 22.7 Å². The molecule has 138 valence electrons. The Bertz CT molecular complexity index is 788. The lowest BCUT2D eigenvalue weighted by Gasteiger charge is -2.18. The zero-order valence-electron chi connectivity index (χ0n) is 14.5. The molecule has 2 aromatic carbocycles. The molecule has 26 heavy (non-hydrogen) atoms.